The van der Waals surface area contributed by atoms with Gasteiger partial charge >= 0.3 is 5.97 Å². The SMILES string of the molecule is COc1ccc(C(=O)O[C@H](C)C(=O)NC2CCCC2)cc1S(=O)(=O)N(C)OC. The number of rotatable bonds is 8. The molecule has 28 heavy (non-hydrogen) atoms. The molecule has 1 aliphatic carbocycles. The lowest BCUT2D eigenvalue weighted by Gasteiger charge is -2.18. The number of carbonyl (C=O) groups excluding carboxylic acids is 2. The Morgan fingerprint density at radius 1 is 1.21 bits per heavy atom. The van der Waals surface area contributed by atoms with E-state index >= 15 is 0 Å². The van der Waals surface area contributed by atoms with Crippen molar-refractivity contribution in [2.75, 3.05) is 21.3 Å². The van der Waals surface area contributed by atoms with Gasteiger partial charge in [-0.2, -0.15) is 0 Å². The van der Waals surface area contributed by atoms with Crippen molar-refractivity contribution in [1.82, 2.24) is 9.79 Å². The molecule has 1 amide bonds. The highest BCUT2D eigenvalue weighted by Gasteiger charge is 2.28. The Morgan fingerprint density at radius 3 is 2.43 bits per heavy atom. The molecule has 1 atom stereocenters. The zero-order chi connectivity index (χ0) is 20.9. The molecule has 1 fully saturated rings. The van der Waals surface area contributed by atoms with E-state index in [4.69, 9.17) is 14.3 Å². The van der Waals surface area contributed by atoms with Gasteiger partial charge < -0.3 is 14.8 Å². The number of benzene rings is 1. The van der Waals surface area contributed by atoms with Crippen molar-refractivity contribution in [3.05, 3.63) is 23.8 Å². The molecule has 0 bridgehead atoms. The van der Waals surface area contributed by atoms with Crippen molar-refractivity contribution in [1.29, 1.82) is 0 Å². The van der Waals surface area contributed by atoms with E-state index in [9.17, 15) is 18.0 Å². The molecule has 156 valence electrons. The van der Waals surface area contributed by atoms with Crippen LogP contribution in [0.25, 0.3) is 0 Å². The Kier molecular flexibility index (Phi) is 7.39. The lowest BCUT2D eigenvalue weighted by atomic mass is 10.2. The van der Waals surface area contributed by atoms with Crippen molar-refractivity contribution < 1.29 is 32.3 Å². The minimum atomic E-state index is -4.05. The summed E-state index contributed by atoms with van der Waals surface area (Å²) < 4.78 is 36.0. The first kappa shape index (κ1) is 22.1. The summed E-state index contributed by atoms with van der Waals surface area (Å²) >= 11 is 0. The minimum absolute atomic E-state index is 0.0237. The average molecular weight is 414 g/mol. The van der Waals surface area contributed by atoms with Crippen LogP contribution in [0.2, 0.25) is 0 Å². The number of nitrogens with one attached hydrogen (secondary N) is 1. The molecule has 0 aromatic heterocycles. The van der Waals surface area contributed by atoms with Crippen LogP contribution >= 0.6 is 0 Å². The highest BCUT2D eigenvalue weighted by molar-refractivity contribution is 7.89. The maximum absolute atomic E-state index is 12.5. The smallest absolute Gasteiger partial charge is 0.338 e. The standard InChI is InChI=1S/C18H26N2O7S/c1-12(17(21)19-14-7-5-6-8-14)27-18(22)13-9-10-15(25-3)16(11-13)28(23,24)20(2)26-4/h9-12,14H,5-8H2,1-4H3,(H,19,21)/t12-/m1/s1. The van der Waals surface area contributed by atoms with Crippen molar-refractivity contribution in [3.8, 4) is 5.75 Å². The van der Waals surface area contributed by atoms with E-state index in [1.54, 1.807) is 0 Å². The van der Waals surface area contributed by atoms with E-state index < -0.39 is 22.1 Å². The molecule has 1 aromatic carbocycles. The van der Waals surface area contributed by atoms with Gasteiger partial charge in [-0.25, -0.2) is 13.2 Å². The first-order valence-electron chi connectivity index (χ1n) is 8.93. The molecule has 1 aliphatic rings. The summed E-state index contributed by atoms with van der Waals surface area (Å²) in [5.41, 5.74) is -0.0237. The number of hydrogen-bond donors (Lipinski definition) is 1. The molecule has 1 N–H and O–H groups in total. The summed E-state index contributed by atoms with van der Waals surface area (Å²) in [6.07, 6.45) is 2.96. The Morgan fingerprint density at radius 2 is 1.86 bits per heavy atom. The van der Waals surface area contributed by atoms with Crippen LogP contribution in [-0.2, 0) is 24.4 Å². The fraction of sp³-hybridized carbons (Fsp3) is 0.556. The van der Waals surface area contributed by atoms with Crippen LogP contribution in [0.5, 0.6) is 5.75 Å². The molecular formula is C18H26N2O7S. The average Bonchev–Trinajstić information content (AvgIpc) is 3.19. The predicted octanol–water partition coefficient (Wildman–Crippen LogP) is 1.48. The molecule has 0 saturated heterocycles. The van der Waals surface area contributed by atoms with Gasteiger partial charge in [0.1, 0.15) is 10.6 Å². The summed E-state index contributed by atoms with van der Waals surface area (Å²) in [6, 6.07) is 3.95. The van der Waals surface area contributed by atoms with Crippen LogP contribution in [0.15, 0.2) is 23.1 Å². The lowest BCUT2D eigenvalue weighted by Crippen LogP contribution is -2.40. The molecule has 0 unspecified atom stereocenters. The van der Waals surface area contributed by atoms with Crippen LogP contribution in [0.3, 0.4) is 0 Å². The number of methoxy groups -OCH3 is 1. The summed E-state index contributed by atoms with van der Waals surface area (Å²) in [6.45, 7) is 1.47. The highest BCUT2D eigenvalue weighted by Crippen LogP contribution is 2.28. The number of carbonyl (C=O) groups is 2. The number of sulfonamides is 1. The number of amides is 1. The van der Waals surface area contributed by atoms with Crippen molar-refractivity contribution in [2.24, 2.45) is 0 Å². The third kappa shape index (κ3) is 5.00. The molecule has 1 saturated carbocycles. The maximum Gasteiger partial charge on any atom is 0.338 e. The van der Waals surface area contributed by atoms with Gasteiger partial charge in [0.2, 0.25) is 0 Å². The third-order valence-corrected chi connectivity index (χ3v) is 6.33. The van der Waals surface area contributed by atoms with Crippen LogP contribution in [0, 0.1) is 0 Å². The van der Waals surface area contributed by atoms with Gasteiger partial charge in [-0.05, 0) is 38.0 Å². The molecule has 0 radical (unpaired) electrons. The first-order valence-corrected chi connectivity index (χ1v) is 10.4. The largest absolute Gasteiger partial charge is 0.495 e. The zero-order valence-corrected chi connectivity index (χ0v) is 17.2. The van der Waals surface area contributed by atoms with E-state index in [0.29, 0.717) is 4.47 Å². The Labute approximate surface area is 164 Å². The normalized spacial score (nSPS) is 16.0. The second-order valence-electron chi connectivity index (χ2n) is 6.50. The molecule has 10 heteroatoms. The van der Waals surface area contributed by atoms with Crippen LogP contribution in [0.4, 0.5) is 0 Å². The van der Waals surface area contributed by atoms with Gasteiger partial charge in [0, 0.05) is 13.1 Å². The fourth-order valence-electron chi connectivity index (χ4n) is 2.91. The van der Waals surface area contributed by atoms with Gasteiger partial charge in [-0.15, -0.1) is 0 Å². The summed E-state index contributed by atoms with van der Waals surface area (Å²) in [5.74, 6) is -1.14. The Balaban J connectivity index is 2.16. The Bertz CT molecular complexity index is 819. The van der Waals surface area contributed by atoms with Crippen LogP contribution in [0.1, 0.15) is 43.0 Å². The second-order valence-corrected chi connectivity index (χ2v) is 8.40. The van der Waals surface area contributed by atoms with E-state index in [2.05, 4.69) is 5.32 Å². The number of hydroxylamine groups is 1. The Hall–Kier alpha value is -2.17. The monoisotopic (exact) mass is 414 g/mol. The van der Waals surface area contributed by atoms with Crippen LogP contribution in [-0.4, -0.2) is 58.2 Å². The van der Waals surface area contributed by atoms with Crippen molar-refractivity contribution >= 4 is 21.9 Å². The number of nitrogens with zero attached hydrogens (tertiary/aromatic N) is 1. The molecule has 9 nitrogen and oxygen atoms in total. The predicted molar refractivity (Wildman–Crippen MR) is 100 cm³/mol. The topological polar surface area (TPSA) is 111 Å². The van der Waals surface area contributed by atoms with Gasteiger partial charge in [0.05, 0.1) is 19.8 Å². The quantitative estimate of drug-likeness (QED) is 0.507. The maximum atomic E-state index is 12.5. The van der Waals surface area contributed by atoms with Gasteiger partial charge in [0.15, 0.2) is 6.10 Å². The summed E-state index contributed by atoms with van der Waals surface area (Å²) in [7, 11) is -0.317. The molecule has 2 rings (SSSR count). The highest BCUT2D eigenvalue weighted by atomic mass is 32.2. The van der Waals surface area contributed by atoms with Gasteiger partial charge in [-0.3, -0.25) is 9.63 Å². The number of hydrogen-bond acceptors (Lipinski definition) is 7. The zero-order valence-electron chi connectivity index (χ0n) is 16.4. The molecule has 0 heterocycles. The second kappa shape index (κ2) is 9.35. The molecule has 0 spiro atoms. The number of ether oxygens (including phenoxy) is 2. The summed E-state index contributed by atoms with van der Waals surface area (Å²) in [4.78, 5) is 29.1. The van der Waals surface area contributed by atoms with Crippen LogP contribution < -0.4 is 10.1 Å². The lowest BCUT2D eigenvalue weighted by molar-refractivity contribution is -0.129. The van der Waals surface area contributed by atoms with Crippen molar-refractivity contribution in [2.45, 2.75) is 49.6 Å². The number of esters is 1. The summed E-state index contributed by atoms with van der Waals surface area (Å²) in [5, 5.41) is 2.86. The molecule has 1 aromatic rings. The van der Waals surface area contributed by atoms with E-state index in [1.807, 2.05) is 0 Å². The molecular weight excluding hydrogens is 388 g/mol. The van der Waals surface area contributed by atoms with E-state index in [0.717, 1.165) is 31.7 Å². The van der Waals surface area contributed by atoms with Gasteiger partial charge in [0.25, 0.3) is 15.9 Å². The minimum Gasteiger partial charge on any atom is -0.495 e. The fourth-order valence-corrected chi connectivity index (χ4v) is 4.07. The third-order valence-electron chi connectivity index (χ3n) is 4.63. The van der Waals surface area contributed by atoms with Gasteiger partial charge in [-0.1, -0.05) is 17.3 Å². The first-order chi connectivity index (χ1) is 13.2. The van der Waals surface area contributed by atoms with Crippen molar-refractivity contribution in [3.63, 3.8) is 0 Å². The van der Waals surface area contributed by atoms with E-state index in [-0.39, 0.29) is 28.2 Å². The van der Waals surface area contributed by atoms with E-state index in [1.165, 1.54) is 40.3 Å². The molecule has 0 aliphatic heterocycles.